The monoisotopic (exact) mass is 414 g/mol. The van der Waals surface area contributed by atoms with Crippen LogP contribution in [0.15, 0.2) is 79.0 Å². The Morgan fingerprint density at radius 2 is 1.84 bits per heavy atom. The van der Waals surface area contributed by atoms with Crippen LogP contribution in [0.5, 0.6) is 5.75 Å². The molecule has 0 radical (unpaired) electrons. The maximum atomic E-state index is 11.8. The molecular weight excluding hydrogens is 388 g/mol. The van der Waals surface area contributed by atoms with E-state index in [4.69, 9.17) is 4.74 Å². The largest absolute Gasteiger partial charge is 0.489 e. The van der Waals surface area contributed by atoms with Gasteiger partial charge in [-0.3, -0.25) is 4.79 Å². The van der Waals surface area contributed by atoms with E-state index in [0.717, 1.165) is 33.3 Å². The van der Waals surface area contributed by atoms with Crippen LogP contribution in [0.4, 0.5) is 0 Å². The van der Waals surface area contributed by atoms with Gasteiger partial charge in [0.1, 0.15) is 18.4 Å². The minimum atomic E-state index is -0.864. The molecule has 5 heteroatoms. The first kappa shape index (κ1) is 20.7. The van der Waals surface area contributed by atoms with E-state index in [-0.39, 0.29) is 0 Å². The third-order valence-corrected chi connectivity index (χ3v) is 5.37. The highest BCUT2D eigenvalue weighted by Gasteiger charge is 2.19. The van der Waals surface area contributed by atoms with Crippen molar-refractivity contribution in [3.8, 4) is 5.75 Å². The molecule has 0 saturated heterocycles. The molecule has 0 unspecified atom stereocenters. The van der Waals surface area contributed by atoms with Crippen LogP contribution in [0.1, 0.15) is 22.3 Å². The van der Waals surface area contributed by atoms with Crippen LogP contribution in [-0.2, 0) is 24.4 Å². The quantitative estimate of drug-likeness (QED) is 0.366. The van der Waals surface area contributed by atoms with Gasteiger partial charge < -0.3 is 20.1 Å². The predicted octanol–water partition coefficient (Wildman–Crippen LogP) is 4.84. The molecule has 0 aliphatic heterocycles. The number of carbonyl (C=O) groups is 1. The molecule has 4 rings (SSSR count). The Labute approximate surface area is 181 Å². The number of aliphatic carboxylic acids is 1. The number of carboxylic acid groups (broad SMARTS) is 1. The molecule has 1 atom stereocenters. The molecule has 31 heavy (non-hydrogen) atoms. The molecule has 0 aliphatic rings. The maximum absolute atomic E-state index is 11.8. The molecule has 0 saturated carbocycles. The van der Waals surface area contributed by atoms with Gasteiger partial charge in [-0.05, 0) is 41.8 Å². The van der Waals surface area contributed by atoms with Crippen molar-refractivity contribution in [2.75, 3.05) is 0 Å². The topological polar surface area (TPSA) is 74.3 Å². The lowest BCUT2D eigenvalue weighted by molar-refractivity contribution is -0.139. The Morgan fingerprint density at radius 3 is 2.65 bits per heavy atom. The highest BCUT2D eigenvalue weighted by atomic mass is 16.5. The molecule has 1 heterocycles. The smallest absolute Gasteiger partial charge is 0.321 e. The van der Waals surface area contributed by atoms with Crippen LogP contribution >= 0.6 is 0 Å². The minimum Gasteiger partial charge on any atom is -0.489 e. The van der Waals surface area contributed by atoms with Crippen LogP contribution in [0.25, 0.3) is 10.9 Å². The zero-order valence-electron chi connectivity index (χ0n) is 17.5. The molecule has 0 bridgehead atoms. The van der Waals surface area contributed by atoms with Crippen molar-refractivity contribution in [1.29, 1.82) is 0 Å². The van der Waals surface area contributed by atoms with Gasteiger partial charge in [0, 0.05) is 30.1 Å². The summed E-state index contributed by atoms with van der Waals surface area (Å²) in [6, 6.07) is 23.3. The summed E-state index contributed by atoms with van der Waals surface area (Å²) in [4.78, 5) is 15.0. The Hall–Kier alpha value is -3.57. The number of hydrogen-bond donors (Lipinski definition) is 3. The maximum Gasteiger partial charge on any atom is 0.321 e. The average Bonchev–Trinajstić information content (AvgIpc) is 3.19. The van der Waals surface area contributed by atoms with E-state index in [9.17, 15) is 9.90 Å². The molecule has 4 aromatic rings. The van der Waals surface area contributed by atoms with Crippen LogP contribution in [0, 0.1) is 6.92 Å². The molecule has 3 N–H and O–H groups in total. The zero-order chi connectivity index (χ0) is 21.6. The standard InChI is InChI=1S/C26H26N2O3/c1-18-9-11-19(12-10-18)17-31-22-6-4-5-20(13-22)15-27-25(26(29)30)14-21-16-28-24-8-3-2-7-23(21)24/h2-13,16,25,27-28H,14-15,17H2,1H3,(H,29,30)/t25-/m0/s1. The van der Waals surface area contributed by atoms with Crippen molar-refractivity contribution in [3.05, 3.63) is 101 Å². The van der Waals surface area contributed by atoms with Crippen molar-refractivity contribution >= 4 is 16.9 Å². The van der Waals surface area contributed by atoms with Gasteiger partial charge in [0.2, 0.25) is 0 Å². The van der Waals surface area contributed by atoms with Crippen LogP contribution < -0.4 is 10.1 Å². The van der Waals surface area contributed by atoms with Crippen LogP contribution in [0.3, 0.4) is 0 Å². The van der Waals surface area contributed by atoms with Crippen molar-refractivity contribution in [2.45, 2.75) is 32.5 Å². The molecule has 0 spiro atoms. The molecule has 5 nitrogen and oxygen atoms in total. The summed E-state index contributed by atoms with van der Waals surface area (Å²) in [5, 5.41) is 13.9. The second kappa shape index (κ2) is 9.49. The average molecular weight is 415 g/mol. The zero-order valence-corrected chi connectivity index (χ0v) is 17.5. The SMILES string of the molecule is Cc1ccc(COc2cccc(CN[C@@H](Cc3c[nH]c4ccccc34)C(=O)O)c2)cc1. The Morgan fingerprint density at radius 1 is 1.03 bits per heavy atom. The number of ether oxygens (including phenoxy) is 1. The summed E-state index contributed by atoms with van der Waals surface area (Å²) in [5.74, 6) is -0.0968. The van der Waals surface area contributed by atoms with Gasteiger partial charge >= 0.3 is 5.97 Å². The lowest BCUT2D eigenvalue weighted by atomic mass is 10.0. The fourth-order valence-corrected chi connectivity index (χ4v) is 3.60. The van der Waals surface area contributed by atoms with E-state index in [1.807, 2.05) is 54.7 Å². The fourth-order valence-electron chi connectivity index (χ4n) is 3.60. The molecular formula is C26H26N2O3. The van der Waals surface area contributed by atoms with E-state index in [2.05, 4.69) is 41.5 Å². The van der Waals surface area contributed by atoms with Gasteiger partial charge in [0.15, 0.2) is 0 Å². The van der Waals surface area contributed by atoms with Crippen LogP contribution in [0.2, 0.25) is 0 Å². The Balaban J connectivity index is 1.38. The van der Waals surface area contributed by atoms with Gasteiger partial charge in [0.25, 0.3) is 0 Å². The van der Waals surface area contributed by atoms with Gasteiger partial charge in [-0.15, -0.1) is 0 Å². The second-order valence-electron chi connectivity index (χ2n) is 7.76. The summed E-state index contributed by atoms with van der Waals surface area (Å²) in [7, 11) is 0. The highest BCUT2D eigenvalue weighted by Crippen LogP contribution is 2.20. The number of aromatic nitrogens is 1. The highest BCUT2D eigenvalue weighted by molar-refractivity contribution is 5.84. The van der Waals surface area contributed by atoms with Crippen molar-refractivity contribution in [3.63, 3.8) is 0 Å². The number of para-hydroxylation sites is 1. The normalized spacial score (nSPS) is 12.0. The van der Waals surface area contributed by atoms with Gasteiger partial charge in [-0.2, -0.15) is 0 Å². The van der Waals surface area contributed by atoms with Gasteiger partial charge in [-0.1, -0.05) is 60.2 Å². The summed E-state index contributed by atoms with van der Waals surface area (Å²) in [5.41, 5.74) is 5.31. The first-order valence-electron chi connectivity index (χ1n) is 10.4. The van der Waals surface area contributed by atoms with Crippen molar-refractivity contribution in [2.24, 2.45) is 0 Å². The molecule has 0 aliphatic carbocycles. The van der Waals surface area contributed by atoms with Gasteiger partial charge in [-0.25, -0.2) is 0 Å². The second-order valence-corrected chi connectivity index (χ2v) is 7.76. The number of aryl methyl sites for hydroxylation is 1. The first-order chi connectivity index (χ1) is 15.1. The number of carboxylic acids is 1. The number of hydrogen-bond acceptors (Lipinski definition) is 3. The molecule has 0 amide bonds. The fraction of sp³-hybridized carbons (Fsp3) is 0.192. The summed E-state index contributed by atoms with van der Waals surface area (Å²) < 4.78 is 5.91. The minimum absolute atomic E-state index is 0.406. The van der Waals surface area contributed by atoms with Gasteiger partial charge in [0.05, 0.1) is 0 Å². The number of aromatic amines is 1. The summed E-state index contributed by atoms with van der Waals surface area (Å²) in [6.45, 7) is 3.00. The van der Waals surface area contributed by atoms with Crippen molar-refractivity contribution < 1.29 is 14.6 Å². The molecule has 1 aromatic heterocycles. The van der Waals surface area contributed by atoms with Crippen LogP contribution in [-0.4, -0.2) is 22.1 Å². The molecule has 0 fully saturated rings. The van der Waals surface area contributed by atoms with E-state index >= 15 is 0 Å². The van der Waals surface area contributed by atoms with Crippen molar-refractivity contribution in [1.82, 2.24) is 10.3 Å². The van der Waals surface area contributed by atoms with E-state index in [1.54, 1.807) is 0 Å². The number of fused-ring (bicyclic) bond motifs is 1. The van der Waals surface area contributed by atoms with E-state index < -0.39 is 12.0 Å². The predicted molar refractivity (Wildman–Crippen MR) is 122 cm³/mol. The number of nitrogens with one attached hydrogen (secondary N) is 2. The number of rotatable bonds is 9. The molecule has 158 valence electrons. The lowest BCUT2D eigenvalue weighted by Gasteiger charge is -2.15. The third kappa shape index (κ3) is 5.32. The van der Waals surface area contributed by atoms with E-state index in [0.29, 0.717) is 19.6 Å². The first-order valence-corrected chi connectivity index (χ1v) is 10.4. The third-order valence-electron chi connectivity index (χ3n) is 5.37. The number of benzene rings is 3. The Bertz CT molecular complexity index is 1160. The summed E-state index contributed by atoms with van der Waals surface area (Å²) >= 11 is 0. The number of H-pyrrole nitrogens is 1. The molecule has 3 aromatic carbocycles. The Kier molecular flexibility index (Phi) is 6.34. The lowest BCUT2D eigenvalue weighted by Crippen LogP contribution is -2.38. The van der Waals surface area contributed by atoms with E-state index in [1.165, 1.54) is 5.56 Å². The summed E-state index contributed by atoms with van der Waals surface area (Å²) in [6.07, 6.45) is 2.30.